The Labute approximate surface area is 129 Å². The second-order valence-corrected chi connectivity index (χ2v) is 5.07. The van der Waals surface area contributed by atoms with Crippen LogP contribution in [0.15, 0.2) is 23.2 Å². The molecule has 2 rings (SSSR count). The Kier molecular flexibility index (Phi) is 5.59. The molecule has 22 heavy (non-hydrogen) atoms. The highest BCUT2D eigenvalue weighted by Crippen LogP contribution is 2.24. The molecule has 1 fully saturated rings. The highest BCUT2D eigenvalue weighted by atomic mass is 19.1. The highest BCUT2D eigenvalue weighted by molar-refractivity contribution is 5.80. The summed E-state index contributed by atoms with van der Waals surface area (Å²) >= 11 is 0. The topological polar surface area (TPSA) is 39.7 Å². The number of anilines is 1. The Hall–Kier alpha value is -2.29. The van der Waals surface area contributed by atoms with E-state index in [0.717, 1.165) is 19.0 Å². The molecule has 1 aliphatic rings. The summed E-state index contributed by atoms with van der Waals surface area (Å²) in [6.07, 6.45) is 6.06. The zero-order valence-corrected chi connectivity index (χ0v) is 12.6. The summed E-state index contributed by atoms with van der Waals surface area (Å²) < 4.78 is 26.8. The van der Waals surface area contributed by atoms with Gasteiger partial charge in [-0.3, -0.25) is 0 Å². The molecule has 1 heterocycles. The third kappa shape index (κ3) is 4.10. The first-order chi connectivity index (χ1) is 10.6. The molecule has 0 bridgehead atoms. The fraction of sp³-hybridized carbons (Fsp3) is 0.438. The van der Waals surface area contributed by atoms with Crippen LogP contribution >= 0.6 is 0 Å². The number of benzene rings is 1. The van der Waals surface area contributed by atoms with Gasteiger partial charge in [-0.2, -0.15) is 0 Å². The van der Waals surface area contributed by atoms with Crippen molar-refractivity contribution in [1.29, 1.82) is 0 Å². The number of guanidine groups is 1. The number of terminal acetylenes is 1. The standard InChI is InChI=1S/C16H20F2N4/c1-3-8-20-16(19-4-2)21-13-7-9-22(11-13)15-6-5-12(17)10-14(15)18/h1,5-6,10,13H,4,7-9,11H2,2H3,(H2,19,20,21). The lowest BCUT2D eigenvalue weighted by atomic mass is 10.2. The second kappa shape index (κ2) is 7.64. The van der Waals surface area contributed by atoms with E-state index in [4.69, 9.17) is 6.42 Å². The van der Waals surface area contributed by atoms with E-state index in [0.29, 0.717) is 31.3 Å². The van der Waals surface area contributed by atoms with Crippen LogP contribution in [0.4, 0.5) is 14.5 Å². The zero-order valence-electron chi connectivity index (χ0n) is 12.6. The summed E-state index contributed by atoms with van der Waals surface area (Å²) in [5.41, 5.74) is 0.427. The fourth-order valence-corrected chi connectivity index (χ4v) is 2.47. The molecule has 0 amide bonds. The van der Waals surface area contributed by atoms with Gasteiger partial charge in [0.2, 0.25) is 0 Å². The minimum absolute atomic E-state index is 0.139. The van der Waals surface area contributed by atoms with Gasteiger partial charge in [0, 0.05) is 31.7 Å². The molecule has 0 radical (unpaired) electrons. The SMILES string of the molecule is C#CCN=C(NCC)NC1CCN(c2ccc(F)cc2F)C1. The largest absolute Gasteiger partial charge is 0.367 e. The van der Waals surface area contributed by atoms with E-state index in [1.165, 1.54) is 12.1 Å². The minimum atomic E-state index is -0.564. The molecule has 2 N–H and O–H groups in total. The molecule has 4 nitrogen and oxygen atoms in total. The first kappa shape index (κ1) is 16.1. The van der Waals surface area contributed by atoms with Crippen LogP contribution in [0.25, 0.3) is 0 Å². The summed E-state index contributed by atoms with van der Waals surface area (Å²) in [5, 5.41) is 6.41. The van der Waals surface area contributed by atoms with Gasteiger partial charge in [-0.1, -0.05) is 5.92 Å². The molecule has 1 aromatic carbocycles. The van der Waals surface area contributed by atoms with Crippen LogP contribution in [0.2, 0.25) is 0 Å². The number of nitrogens with one attached hydrogen (secondary N) is 2. The van der Waals surface area contributed by atoms with Crippen LogP contribution in [0.3, 0.4) is 0 Å². The molecule has 1 atom stereocenters. The maximum absolute atomic E-state index is 13.8. The summed E-state index contributed by atoms with van der Waals surface area (Å²) in [6, 6.07) is 3.80. The van der Waals surface area contributed by atoms with Crippen molar-refractivity contribution < 1.29 is 8.78 Å². The molecule has 1 aliphatic heterocycles. The molecule has 118 valence electrons. The molecule has 1 aromatic rings. The molecular formula is C16H20F2N4. The van der Waals surface area contributed by atoms with Crippen molar-refractivity contribution in [2.75, 3.05) is 31.1 Å². The zero-order chi connectivity index (χ0) is 15.9. The van der Waals surface area contributed by atoms with Gasteiger partial charge in [-0.05, 0) is 25.5 Å². The smallest absolute Gasteiger partial charge is 0.192 e. The van der Waals surface area contributed by atoms with Crippen molar-refractivity contribution in [3.05, 3.63) is 29.8 Å². The van der Waals surface area contributed by atoms with Gasteiger partial charge in [-0.15, -0.1) is 6.42 Å². The molecular weight excluding hydrogens is 286 g/mol. The lowest BCUT2D eigenvalue weighted by molar-refractivity contribution is 0.580. The molecule has 6 heteroatoms. The van der Waals surface area contributed by atoms with E-state index >= 15 is 0 Å². The van der Waals surface area contributed by atoms with Crippen LogP contribution in [0, 0.1) is 24.0 Å². The van der Waals surface area contributed by atoms with Crippen molar-refractivity contribution in [1.82, 2.24) is 10.6 Å². The molecule has 0 spiro atoms. The number of nitrogens with zero attached hydrogens (tertiary/aromatic N) is 2. The number of hydrogen-bond donors (Lipinski definition) is 2. The van der Waals surface area contributed by atoms with Gasteiger partial charge < -0.3 is 15.5 Å². The maximum atomic E-state index is 13.8. The van der Waals surface area contributed by atoms with E-state index in [9.17, 15) is 8.78 Å². The van der Waals surface area contributed by atoms with Crippen LogP contribution in [-0.2, 0) is 0 Å². The number of rotatable bonds is 4. The van der Waals surface area contributed by atoms with Gasteiger partial charge in [0.25, 0.3) is 0 Å². The van der Waals surface area contributed by atoms with Gasteiger partial charge in [0.1, 0.15) is 18.2 Å². The lowest BCUT2D eigenvalue weighted by Crippen LogP contribution is -2.44. The van der Waals surface area contributed by atoms with Crippen LogP contribution < -0.4 is 15.5 Å². The second-order valence-electron chi connectivity index (χ2n) is 5.07. The van der Waals surface area contributed by atoms with Gasteiger partial charge >= 0.3 is 0 Å². The minimum Gasteiger partial charge on any atom is -0.367 e. The predicted octanol–water partition coefficient (Wildman–Crippen LogP) is 1.73. The average molecular weight is 306 g/mol. The van der Waals surface area contributed by atoms with Gasteiger partial charge in [-0.25, -0.2) is 13.8 Å². The summed E-state index contributed by atoms with van der Waals surface area (Å²) in [7, 11) is 0. The van der Waals surface area contributed by atoms with Crippen molar-refractivity contribution >= 4 is 11.6 Å². The summed E-state index contributed by atoms with van der Waals surface area (Å²) in [5.74, 6) is 2.03. The Morgan fingerprint density at radius 3 is 3.00 bits per heavy atom. The first-order valence-electron chi connectivity index (χ1n) is 7.32. The van der Waals surface area contributed by atoms with E-state index in [1.54, 1.807) is 0 Å². The van der Waals surface area contributed by atoms with Crippen LogP contribution in [0.5, 0.6) is 0 Å². The van der Waals surface area contributed by atoms with Crippen LogP contribution in [-0.4, -0.2) is 38.2 Å². The van der Waals surface area contributed by atoms with Crippen molar-refractivity contribution in [2.24, 2.45) is 4.99 Å². The molecule has 1 unspecified atom stereocenters. The van der Waals surface area contributed by atoms with Crippen molar-refractivity contribution in [3.8, 4) is 12.3 Å². The van der Waals surface area contributed by atoms with Crippen molar-refractivity contribution in [2.45, 2.75) is 19.4 Å². The van der Waals surface area contributed by atoms with Gasteiger partial charge in [0.05, 0.1) is 5.69 Å². The normalized spacial score (nSPS) is 18.2. The Bertz CT molecular complexity index is 580. The summed E-state index contributed by atoms with van der Waals surface area (Å²) in [4.78, 5) is 6.14. The summed E-state index contributed by atoms with van der Waals surface area (Å²) in [6.45, 7) is 4.34. The van der Waals surface area contributed by atoms with E-state index in [2.05, 4.69) is 21.5 Å². The predicted molar refractivity (Wildman–Crippen MR) is 84.9 cm³/mol. The fourth-order valence-electron chi connectivity index (χ4n) is 2.47. The molecule has 0 aliphatic carbocycles. The number of halogens is 2. The Balaban J connectivity index is 1.98. The number of aliphatic imine (C=N–C) groups is 1. The van der Waals surface area contributed by atoms with Crippen LogP contribution in [0.1, 0.15) is 13.3 Å². The lowest BCUT2D eigenvalue weighted by Gasteiger charge is -2.20. The third-order valence-corrected chi connectivity index (χ3v) is 3.45. The van der Waals surface area contributed by atoms with E-state index in [1.807, 2.05) is 11.8 Å². The monoisotopic (exact) mass is 306 g/mol. The highest BCUT2D eigenvalue weighted by Gasteiger charge is 2.25. The van der Waals surface area contributed by atoms with E-state index < -0.39 is 11.6 Å². The first-order valence-corrected chi connectivity index (χ1v) is 7.32. The molecule has 0 aromatic heterocycles. The third-order valence-electron chi connectivity index (χ3n) is 3.45. The molecule has 0 saturated carbocycles. The number of hydrogen-bond acceptors (Lipinski definition) is 2. The molecule has 1 saturated heterocycles. The van der Waals surface area contributed by atoms with Gasteiger partial charge in [0.15, 0.2) is 5.96 Å². The quantitative estimate of drug-likeness (QED) is 0.506. The van der Waals surface area contributed by atoms with E-state index in [-0.39, 0.29) is 6.04 Å². The maximum Gasteiger partial charge on any atom is 0.192 e. The Morgan fingerprint density at radius 2 is 2.32 bits per heavy atom. The Morgan fingerprint density at radius 1 is 1.50 bits per heavy atom. The average Bonchev–Trinajstić information content (AvgIpc) is 2.93. The van der Waals surface area contributed by atoms with Crippen molar-refractivity contribution in [3.63, 3.8) is 0 Å².